The molecule has 0 aromatic heterocycles. The first-order chi connectivity index (χ1) is 8.52. The van der Waals surface area contributed by atoms with E-state index in [0.717, 1.165) is 15.4 Å². The molecule has 5 nitrogen and oxygen atoms in total. The highest BCUT2D eigenvalue weighted by atomic mass is 16.2. The van der Waals surface area contributed by atoms with Crippen molar-refractivity contribution >= 4 is 17.8 Å². The molecule has 0 N–H and O–H groups in total. The zero-order valence-electron chi connectivity index (χ0n) is 9.92. The molecule has 1 aromatic rings. The molecule has 0 atom stereocenters. The maximum absolute atomic E-state index is 11.9. The molecule has 1 aliphatic rings. The fourth-order valence-corrected chi connectivity index (χ4v) is 1.80. The van der Waals surface area contributed by atoms with Gasteiger partial charge in [0.2, 0.25) is 5.91 Å². The normalized spacial score (nSPS) is 15.5. The standard InChI is InChI=1S/C13H12N2O3/c1-9-12(17)14(13(18)15(9)10(2)16)8-11-6-4-3-5-7-11/h3-7H,1,8H2,2H3. The van der Waals surface area contributed by atoms with Gasteiger partial charge in [-0.05, 0) is 5.56 Å². The smallest absolute Gasteiger partial charge is 0.274 e. The molecule has 0 unspecified atom stereocenters. The van der Waals surface area contributed by atoms with E-state index >= 15 is 0 Å². The van der Waals surface area contributed by atoms with Crippen molar-refractivity contribution in [3.8, 4) is 0 Å². The van der Waals surface area contributed by atoms with Gasteiger partial charge in [0, 0.05) is 6.92 Å². The molecule has 5 heteroatoms. The van der Waals surface area contributed by atoms with E-state index in [1.54, 1.807) is 12.1 Å². The van der Waals surface area contributed by atoms with Crippen molar-refractivity contribution in [1.29, 1.82) is 0 Å². The third-order valence-electron chi connectivity index (χ3n) is 2.68. The van der Waals surface area contributed by atoms with E-state index in [4.69, 9.17) is 0 Å². The molecule has 1 aliphatic heterocycles. The van der Waals surface area contributed by atoms with Crippen molar-refractivity contribution in [1.82, 2.24) is 9.80 Å². The van der Waals surface area contributed by atoms with Crippen molar-refractivity contribution < 1.29 is 14.4 Å². The SMILES string of the molecule is C=C1C(=O)N(Cc2ccccc2)C(=O)N1C(C)=O. The maximum atomic E-state index is 11.9. The Balaban J connectivity index is 2.25. The molecule has 18 heavy (non-hydrogen) atoms. The Morgan fingerprint density at radius 3 is 2.33 bits per heavy atom. The molecule has 0 saturated carbocycles. The number of urea groups is 1. The first kappa shape index (κ1) is 12.0. The van der Waals surface area contributed by atoms with E-state index < -0.39 is 17.8 Å². The van der Waals surface area contributed by atoms with Gasteiger partial charge in [0.15, 0.2) is 0 Å². The van der Waals surface area contributed by atoms with Gasteiger partial charge in [-0.1, -0.05) is 36.9 Å². The summed E-state index contributed by atoms with van der Waals surface area (Å²) in [5.41, 5.74) is 0.723. The van der Waals surface area contributed by atoms with Crippen LogP contribution in [0.15, 0.2) is 42.6 Å². The van der Waals surface area contributed by atoms with Gasteiger partial charge in [0.25, 0.3) is 5.91 Å². The Labute approximate surface area is 104 Å². The molecule has 0 radical (unpaired) electrons. The third kappa shape index (κ3) is 1.90. The van der Waals surface area contributed by atoms with Crippen LogP contribution < -0.4 is 0 Å². The summed E-state index contributed by atoms with van der Waals surface area (Å²) in [7, 11) is 0. The van der Waals surface area contributed by atoms with Gasteiger partial charge in [-0.3, -0.25) is 14.5 Å². The van der Waals surface area contributed by atoms with Crippen molar-refractivity contribution in [3.63, 3.8) is 0 Å². The molecule has 0 aliphatic carbocycles. The summed E-state index contributed by atoms with van der Waals surface area (Å²) in [6, 6.07) is 8.45. The van der Waals surface area contributed by atoms with E-state index in [1.807, 2.05) is 18.2 Å². The topological polar surface area (TPSA) is 57.7 Å². The summed E-state index contributed by atoms with van der Waals surface area (Å²) in [6.45, 7) is 4.84. The van der Waals surface area contributed by atoms with Crippen molar-refractivity contribution in [2.45, 2.75) is 13.5 Å². The molecule has 4 amide bonds. The second kappa shape index (κ2) is 4.44. The largest absolute Gasteiger partial charge is 0.338 e. The van der Waals surface area contributed by atoms with Gasteiger partial charge in [-0.25, -0.2) is 9.69 Å². The second-order valence-electron chi connectivity index (χ2n) is 3.96. The first-order valence-electron chi connectivity index (χ1n) is 5.41. The number of rotatable bonds is 2. The van der Waals surface area contributed by atoms with Crippen LogP contribution in [-0.4, -0.2) is 27.6 Å². The fraction of sp³-hybridized carbons (Fsp3) is 0.154. The highest BCUT2D eigenvalue weighted by Crippen LogP contribution is 2.21. The molecular weight excluding hydrogens is 232 g/mol. The lowest BCUT2D eigenvalue weighted by molar-refractivity contribution is -0.126. The van der Waals surface area contributed by atoms with Crippen LogP contribution in [0, 0.1) is 0 Å². The summed E-state index contributed by atoms with van der Waals surface area (Å²) < 4.78 is 0. The minimum absolute atomic E-state index is 0.0940. The molecule has 0 spiro atoms. The summed E-state index contributed by atoms with van der Waals surface area (Å²) in [6.07, 6.45) is 0. The van der Waals surface area contributed by atoms with Gasteiger partial charge in [-0.15, -0.1) is 0 Å². The minimum Gasteiger partial charge on any atom is -0.274 e. The van der Waals surface area contributed by atoms with E-state index in [1.165, 1.54) is 6.92 Å². The van der Waals surface area contributed by atoms with Crippen LogP contribution in [-0.2, 0) is 16.1 Å². The summed E-state index contributed by atoms with van der Waals surface area (Å²) >= 11 is 0. The lowest BCUT2D eigenvalue weighted by Crippen LogP contribution is -2.34. The number of hydrogen-bond donors (Lipinski definition) is 0. The van der Waals surface area contributed by atoms with Crippen molar-refractivity contribution in [3.05, 3.63) is 48.2 Å². The Morgan fingerprint density at radius 1 is 1.22 bits per heavy atom. The fourth-order valence-electron chi connectivity index (χ4n) is 1.80. The number of carbonyl (C=O) groups excluding carboxylic acids is 3. The van der Waals surface area contributed by atoms with Crippen LogP contribution in [0.2, 0.25) is 0 Å². The monoisotopic (exact) mass is 244 g/mol. The Kier molecular flexibility index (Phi) is 2.97. The van der Waals surface area contributed by atoms with Crippen molar-refractivity contribution in [2.24, 2.45) is 0 Å². The number of amides is 4. The molecule has 92 valence electrons. The molecule has 0 bridgehead atoms. The predicted molar refractivity (Wildman–Crippen MR) is 64.0 cm³/mol. The second-order valence-corrected chi connectivity index (χ2v) is 3.96. The Morgan fingerprint density at radius 2 is 1.83 bits per heavy atom. The summed E-state index contributed by atoms with van der Waals surface area (Å²) in [5.74, 6) is -1.03. The van der Waals surface area contributed by atoms with Gasteiger partial charge >= 0.3 is 6.03 Å². The van der Waals surface area contributed by atoms with Crippen LogP contribution in [0.4, 0.5) is 4.79 Å². The van der Waals surface area contributed by atoms with E-state index in [-0.39, 0.29) is 12.2 Å². The molecule has 1 fully saturated rings. The molecule has 1 aromatic carbocycles. The van der Waals surface area contributed by atoms with Crippen LogP contribution in [0.25, 0.3) is 0 Å². The zero-order chi connectivity index (χ0) is 13.3. The van der Waals surface area contributed by atoms with E-state index in [0.29, 0.717) is 0 Å². The van der Waals surface area contributed by atoms with Gasteiger partial charge in [0.1, 0.15) is 5.70 Å². The van der Waals surface area contributed by atoms with E-state index in [2.05, 4.69) is 6.58 Å². The molecule has 1 saturated heterocycles. The summed E-state index contributed by atoms with van der Waals surface area (Å²) in [4.78, 5) is 36.9. The minimum atomic E-state index is -0.638. The highest BCUT2D eigenvalue weighted by Gasteiger charge is 2.41. The van der Waals surface area contributed by atoms with Crippen LogP contribution in [0.3, 0.4) is 0 Å². The number of carbonyl (C=O) groups is 3. The number of imide groups is 2. The average molecular weight is 244 g/mol. The number of hydrogen-bond acceptors (Lipinski definition) is 3. The number of nitrogens with zero attached hydrogens (tertiary/aromatic N) is 2. The Hall–Kier alpha value is -2.43. The average Bonchev–Trinajstić information content (AvgIpc) is 2.55. The lowest BCUT2D eigenvalue weighted by Gasteiger charge is -2.13. The van der Waals surface area contributed by atoms with Gasteiger partial charge < -0.3 is 0 Å². The summed E-state index contributed by atoms with van der Waals surface area (Å²) in [5, 5.41) is 0. The zero-order valence-corrected chi connectivity index (χ0v) is 9.92. The molecular formula is C13H12N2O3. The highest BCUT2D eigenvalue weighted by molar-refractivity contribution is 6.17. The van der Waals surface area contributed by atoms with E-state index in [9.17, 15) is 14.4 Å². The van der Waals surface area contributed by atoms with Crippen LogP contribution >= 0.6 is 0 Å². The maximum Gasteiger partial charge on any atom is 0.338 e. The molecule has 2 rings (SSSR count). The lowest BCUT2D eigenvalue weighted by atomic mass is 10.2. The molecule has 1 heterocycles. The van der Waals surface area contributed by atoms with Crippen LogP contribution in [0.5, 0.6) is 0 Å². The van der Waals surface area contributed by atoms with Gasteiger partial charge in [-0.2, -0.15) is 0 Å². The third-order valence-corrected chi connectivity index (χ3v) is 2.68. The first-order valence-corrected chi connectivity index (χ1v) is 5.41. The number of benzene rings is 1. The van der Waals surface area contributed by atoms with Crippen molar-refractivity contribution in [2.75, 3.05) is 0 Å². The quantitative estimate of drug-likeness (QED) is 0.585. The Bertz CT molecular complexity index is 536. The predicted octanol–water partition coefficient (Wildman–Crippen LogP) is 1.51. The van der Waals surface area contributed by atoms with Crippen LogP contribution in [0.1, 0.15) is 12.5 Å². The van der Waals surface area contributed by atoms with Gasteiger partial charge in [0.05, 0.1) is 6.54 Å².